The summed E-state index contributed by atoms with van der Waals surface area (Å²) in [6.45, 7) is 0. The van der Waals surface area contributed by atoms with E-state index in [1.165, 1.54) is 18.2 Å². The van der Waals surface area contributed by atoms with Gasteiger partial charge in [-0.25, -0.2) is 4.79 Å². The van der Waals surface area contributed by atoms with Gasteiger partial charge in [-0.05, 0) is 30.3 Å². The van der Waals surface area contributed by atoms with E-state index >= 15 is 0 Å². The van der Waals surface area contributed by atoms with E-state index in [4.69, 9.17) is 11.6 Å². The van der Waals surface area contributed by atoms with Crippen molar-refractivity contribution in [2.45, 2.75) is 0 Å². The predicted molar refractivity (Wildman–Crippen MR) is 76.0 cm³/mol. The molecule has 0 fully saturated rings. The number of hydrogen-bond donors (Lipinski definition) is 3. The smallest absolute Gasteiger partial charge is 0.326 e. The highest BCUT2D eigenvalue weighted by Gasteiger charge is 2.11. The highest BCUT2D eigenvalue weighted by atomic mass is 35.5. The third-order valence-electron chi connectivity index (χ3n) is 2.47. The second-order valence-electron chi connectivity index (χ2n) is 3.94. The first-order valence-corrected chi connectivity index (χ1v) is 6.10. The fourth-order valence-electron chi connectivity index (χ4n) is 1.53. The number of anilines is 1. The number of phenols is 1. The fourth-order valence-corrected chi connectivity index (χ4v) is 1.70. The summed E-state index contributed by atoms with van der Waals surface area (Å²) >= 11 is 5.75. The topological polar surface area (TPSA) is 78.4 Å². The van der Waals surface area contributed by atoms with Crippen LogP contribution in [0.25, 0.3) is 0 Å². The molecule has 0 saturated carbocycles. The molecule has 0 spiro atoms. The van der Waals surface area contributed by atoms with Crippen LogP contribution in [0.2, 0.25) is 5.02 Å². The highest BCUT2D eigenvalue weighted by molar-refractivity contribution is 6.31. The summed E-state index contributed by atoms with van der Waals surface area (Å²) in [6, 6.07) is 11.8. The van der Waals surface area contributed by atoms with E-state index in [1.54, 1.807) is 30.3 Å². The monoisotopic (exact) mass is 290 g/mol. The number of phenolic OH excluding ortho intramolecular Hbond substituents is 1. The van der Waals surface area contributed by atoms with Crippen molar-refractivity contribution in [3.05, 3.63) is 59.1 Å². The molecule has 3 amide bonds. The lowest BCUT2D eigenvalue weighted by Crippen LogP contribution is -2.34. The van der Waals surface area contributed by atoms with Gasteiger partial charge in [0.1, 0.15) is 5.75 Å². The van der Waals surface area contributed by atoms with Crippen LogP contribution in [0, 0.1) is 0 Å². The highest BCUT2D eigenvalue weighted by Crippen LogP contribution is 2.26. The van der Waals surface area contributed by atoms with Crippen molar-refractivity contribution >= 4 is 29.2 Å². The SMILES string of the molecule is O=C(NC(=O)c1ccccc1)Nc1cc(Cl)ccc1O. The van der Waals surface area contributed by atoms with Gasteiger partial charge in [0.2, 0.25) is 0 Å². The molecule has 0 radical (unpaired) electrons. The van der Waals surface area contributed by atoms with Gasteiger partial charge in [-0.1, -0.05) is 29.8 Å². The number of imide groups is 1. The fraction of sp³-hybridized carbons (Fsp3) is 0. The molecule has 0 aromatic heterocycles. The molecule has 2 rings (SSSR count). The van der Waals surface area contributed by atoms with Crippen LogP contribution in [0.15, 0.2) is 48.5 Å². The summed E-state index contributed by atoms with van der Waals surface area (Å²) in [5, 5.41) is 14.4. The zero-order valence-electron chi connectivity index (χ0n) is 10.3. The zero-order valence-corrected chi connectivity index (χ0v) is 11.0. The Morgan fingerprint density at radius 1 is 1.05 bits per heavy atom. The van der Waals surface area contributed by atoms with Crippen molar-refractivity contribution in [2.24, 2.45) is 0 Å². The Labute approximate surface area is 120 Å². The first kappa shape index (κ1) is 13.9. The zero-order chi connectivity index (χ0) is 14.5. The molecular formula is C14H11ClN2O3. The number of amides is 3. The lowest BCUT2D eigenvalue weighted by atomic mass is 10.2. The molecule has 0 heterocycles. The van der Waals surface area contributed by atoms with Gasteiger partial charge in [-0.15, -0.1) is 0 Å². The number of nitrogens with one attached hydrogen (secondary N) is 2. The lowest BCUT2D eigenvalue weighted by Gasteiger charge is -2.08. The summed E-state index contributed by atoms with van der Waals surface area (Å²) in [6.07, 6.45) is 0. The number of urea groups is 1. The maximum absolute atomic E-state index is 11.7. The van der Waals surface area contributed by atoms with E-state index in [2.05, 4.69) is 10.6 Å². The molecule has 6 heteroatoms. The Hall–Kier alpha value is -2.53. The third-order valence-corrected chi connectivity index (χ3v) is 2.70. The Balaban J connectivity index is 2.03. The molecule has 2 aromatic rings. The second-order valence-corrected chi connectivity index (χ2v) is 4.37. The van der Waals surface area contributed by atoms with Crippen LogP contribution >= 0.6 is 11.6 Å². The van der Waals surface area contributed by atoms with Crippen molar-refractivity contribution in [3.8, 4) is 5.75 Å². The van der Waals surface area contributed by atoms with Crippen LogP contribution in [-0.2, 0) is 0 Å². The van der Waals surface area contributed by atoms with Crippen molar-refractivity contribution in [1.82, 2.24) is 5.32 Å². The largest absolute Gasteiger partial charge is 0.506 e. The lowest BCUT2D eigenvalue weighted by molar-refractivity contribution is 0.0967. The van der Waals surface area contributed by atoms with Crippen LogP contribution in [-0.4, -0.2) is 17.0 Å². The molecule has 20 heavy (non-hydrogen) atoms. The molecular weight excluding hydrogens is 280 g/mol. The number of benzene rings is 2. The van der Waals surface area contributed by atoms with Gasteiger partial charge in [0.25, 0.3) is 5.91 Å². The minimum absolute atomic E-state index is 0.121. The van der Waals surface area contributed by atoms with Gasteiger partial charge in [-0.2, -0.15) is 0 Å². The average molecular weight is 291 g/mol. The van der Waals surface area contributed by atoms with Crippen molar-refractivity contribution in [3.63, 3.8) is 0 Å². The Morgan fingerprint density at radius 2 is 1.75 bits per heavy atom. The van der Waals surface area contributed by atoms with Crippen LogP contribution < -0.4 is 10.6 Å². The van der Waals surface area contributed by atoms with E-state index in [0.717, 1.165) is 0 Å². The van der Waals surface area contributed by atoms with Gasteiger partial charge in [0.15, 0.2) is 0 Å². The summed E-state index contributed by atoms with van der Waals surface area (Å²) in [5.74, 6) is -0.679. The average Bonchev–Trinajstić information content (AvgIpc) is 2.43. The molecule has 2 aromatic carbocycles. The van der Waals surface area contributed by atoms with Crippen molar-refractivity contribution < 1.29 is 14.7 Å². The Bertz CT molecular complexity index is 644. The maximum Gasteiger partial charge on any atom is 0.326 e. The van der Waals surface area contributed by atoms with Gasteiger partial charge in [0.05, 0.1) is 5.69 Å². The van der Waals surface area contributed by atoms with E-state index in [9.17, 15) is 14.7 Å². The maximum atomic E-state index is 11.7. The number of halogens is 1. The van der Waals surface area contributed by atoms with Crippen molar-refractivity contribution in [2.75, 3.05) is 5.32 Å². The van der Waals surface area contributed by atoms with Gasteiger partial charge in [-0.3, -0.25) is 10.1 Å². The van der Waals surface area contributed by atoms with Crippen LogP contribution in [0.4, 0.5) is 10.5 Å². The molecule has 0 aliphatic rings. The first-order chi connectivity index (χ1) is 9.56. The van der Waals surface area contributed by atoms with Crippen LogP contribution in [0.5, 0.6) is 5.75 Å². The second kappa shape index (κ2) is 6.08. The molecule has 0 saturated heterocycles. The normalized spacial score (nSPS) is 9.85. The van der Waals surface area contributed by atoms with Gasteiger partial charge in [0, 0.05) is 10.6 Å². The number of hydrogen-bond acceptors (Lipinski definition) is 3. The number of carbonyl (C=O) groups excluding carboxylic acids is 2. The standard InChI is InChI=1S/C14H11ClN2O3/c15-10-6-7-12(18)11(8-10)16-14(20)17-13(19)9-4-2-1-3-5-9/h1-8,18H,(H2,16,17,19,20). The Kier molecular flexibility index (Phi) is 4.22. The summed E-state index contributed by atoms with van der Waals surface area (Å²) in [4.78, 5) is 23.4. The van der Waals surface area contributed by atoms with Gasteiger partial charge >= 0.3 is 6.03 Å². The molecule has 0 unspecified atom stereocenters. The molecule has 0 atom stereocenters. The van der Waals surface area contributed by atoms with Gasteiger partial charge < -0.3 is 10.4 Å². The van der Waals surface area contributed by atoms with Crippen LogP contribution in [0.1, 0.15) is 10.4 Å². The van der Waals surface area contributed by atoms with Crippen LogP contribution in [0.3, 0.4) is 0 Å². The predicted octanol–water partition coefficient (Wildman–Crippen LogP) is 3.01. The molecule has 0 bridgehead atoms. The molecule has 0 aliphatic heterocycles. The van der Waals surface area contributed by atoms with E-state index < -0.39 is 11.9 Å². The minimum Gasteiger partial charge on any atom is -0.506 e. The number of rotatable bonds is 2. The molecule has 3 N–H and O–H groups in total. The molecule has 0 aliphatic carbocycles. The molecule has 5 nitrogen and oxygen atoms in total. The third kappa shape index (κ3) is 3.49. The summed E-state index contributed by atoms with van der Waals surface area (Å²) in [7, 11) is 0. The van der Waals surface area contributed by atoms with E-state index in [-0.39, 0.29) is 11.4 Å². The minimum atomic E-state index is -0.753. The number of carbonyl (C=O) groups is 2. The quantitative estimate of drug-likeness (QED) is 0.744. The molecule has 102 valence electrons. The first-order valence-electron chi connectivity index (χ1n) is 5.72. The summed E-state index contributed by atoms with van der Waals surface area (Å²) in [5.41, 5.74) is 0.480. The van der Waals surface area contributed by atoms with Crippen molar-refractivity contribution in [1.29, 1.82) is 0 Å². The van der Waals surface area contributed by atoms with E-state index in [0.29, 0.717) is 10.6 Å². The Morgan fingerprint density at radius 3 is 2.45 bits per heavy atom. The number of aromatic hydroxyl groups is 1. The summed E-state index contributed by atoms with van der Waals surface area (Å²) < 4.78 is 0. The van der Waals surface area contributed by atoms with E-state index in [1.807, 2.05) is 0 Å².